The molecule has 1 aromatic rings. The molecule has 0 spiro atoms. The summed E-state index contributed by atoms with van der Waals surface area (Å²) in [4.78, 5) is 9.23. The van der Waals surface area contributed by atoms with E-state index in [0.29, 0.717) is 5.41 Å². The minimum absolute atomic E-state index is 0. The molecule has 3 rings (SSSR count). The largest absolute Gasteiger partial charge is 0.379 e. The van der Waals surface area contributed by atoms with E-state index in [1.807, 2.05) is 19.2 Å². The van der Waals surface area contributed by atoms with E-state index in [4.69, 9.17) is 4.74 Å². The zero-order valence-corrected chi connectivity index (χ0v) is 18.9. The molecule has 2 fully saturated rings. The van der Waals surface area contributed by atoms with Crippen molar-refractivity contribution in [2.24, 2.45) is 10.4 Å². The van der Waals surface area contributed by atoms with Crippen LogP contribution >= 0.6 is 24.0 Å². The highest BCUT2D eigenvalue weighted by molar-refractivity contribution is 14.0. The average molecular weight is 490 g/mol. The molecule has 0 radical (unpaired) electrons. The number of hydrogen-bond acceptors (Lipinski definition) is 3. The van der Waals surface area contributed by atoms with Crippen LogP contribution in [0, 0.1) is 11.2 Å². The van der Waals surface area contributed by atoms with Gasteiger partial charge in [0, 0.05) is 39.8 Å². The first-order chi connectivity index (χ1) is 12.5. The molecule has 5 nitrogen and oxygen atoms in total. The summed E-state index contributed by atoms with van der Waals surface area (Å²) in [6.45, 7) is 10.7. The van der Waals surface area contributed by atoms with Gasteiger partial charge >= 0.3 is 0 Å². The number of ether oxygens (including phenoxy) is 1. The number of nitrogens with zero attached hydrogens (tertiary/aromatic N) is 3. The summed E-state index contributed by atoms with van der Waals surface area (Å²) in [5.74, 6) is 0.758. The van der Waals surface area contributed by atoms with Crippen molar-refractivity contribution in [2.75, 3.05) is 53.0 Å². The minimum atomic E-state index is -0.197. The van der Waals surface area contributed by atoms with Gasteiger partial charge in [0.1, 0.15) is 5.82 Å². The van der Waals surface area contributed by atoms with Gasteiger partial charge in [-0.1, -0.05) is 26.0 Å². The maximum Gasteiger partial charge on any atom is 0.193 e. The number of nitrogens with one attached hydrogen (secondary N) is 1. The van der Waals surface area contributed by atoms with E-state index < -0.39 is 0 Å². The summed E-state index contributed by atoms with van der Waals surface area (Å²) in [5, 5.41) is 3.56. The number of guanidine groups is 1. The first kappa shape index (κ1) is 22.4. The molecule has 7 heteroatoms. The van der Waals surface area contributed by atoms with Crippen LogP contribution in [-0.4, -0.2) is 68.7 Å². The summed E-state index contributed by atoms with van der Waals surface area (Å²) in [6.07, 6.45) is 1.18. The highest BCUT2D eigenvalue weighted by Gasteiger charge is 2.31. The van der Waals surface area contributed by atoms with Crippen LogP contribution in [0.3, 0.4) is 0 Å². The molecule has 152 valence electrons. The van der Waals surface area contributed by atoms with Gasteiger partial charge in [-0.15, -0.1) is 24.0 Å². The predicted molar refractivity (Wildman–Crippen MR) is 118 cm³/mol. The van der Waals surface area contributed by atoms with Crippen LogP contribution in [0.15, 0.2) is 29.3 Å². The lowest BCUT2D eigenvalue weighted by Gasteiger charge is -2.35. The molecule has 1 atom stereocenters. The molecule has 2 aliphatic heterocycles. The average Bonchev–Trinajstić information content (AvgIpc) is 3.00. The van der Waals surface area contributed by atoms with Gasteiger partial charge in [-0.2, -0.15) is 0 Å². The van der Waals surface area contributed by atoms with Crippen LogP contribution in [0.5, 0.6) is 0 Å². The number of halogens is 2. The van der Waals surface area contributed by atoms with Crippen LogP contribution < -0.4 is 5.32 Å². The van der Waals surface area contributed by atoms with Gasteiger partial charge in [-0.3, -0.25) is 9.89 Å². The summed E-state index contributed by atoms with van der Waals surface area (Å²) in [5.41, 5.74) is 1.45. The van der Waals surface area contributed by atoms with Gasteiger partial charge < -0.3 is 15.0 Å². The molecule has 27 heavy (non-hydrogen) atoms. The van der Waals surface area contributed by atoms with Crippen LogP contribution in [0.4, 0.5) is 4.39 Å². The first-order valence-electron chi connectivity index (χ1n) is 9.51. The Bertz CT molecular complexity index is 617. The van der Waals surface area contributed by atoms with Gasteiger partial charge in [0.05, 0.1) is 19.3 Å². The second-order valence-electron chi connectivity index (χ2n) is 7.98. The highest BCUT2D eigenvalue weighted by atomic mass is 127. The third-order valence-electron chi connectivity index (χ3n) is 5.38. The van der Waals surface area contributed by atoms with Gasteiger partial charge in [-0.05, 0) is 29.5 Å². The molecule has 0 aliphatic carbocycles. The zero-order valence-electron chi connectivity index (χ0n) is 16.6. The van der Waals surface area contributed by atoms with Crippen molar-refractivity contribution in [3.05, 3.63) is 35.6 Å². The van der Waals surface area contributed by atoms with E-state index in [1.54, 1.807) is 12.1 Å². The van der Waals surface area contributed by atoms with E-state index in [0.717, 1.165) is 57.5 Å². The van der Waals surface area contributed by atoms with E-state index in [1.165, 1.54) is 6.42 Å². The Morgan fingerprint density at radius 1 is 1.22 bits per heavy atom. The van der Waals surface area contributed by atoms with E-state index in [9.17, 15) is 4.39 Å². The second kappa shape index (κ2) is 10.0. The summed E-state index contributed by atoms with van der Waals surface area (Å²) < 4.78 is 18.9. The van der Waals surface area contributed by atoms with Crippen molar-refractivity contribution < 1.29 is 9.13 Å². The number of rotatable bonds is 4. The molecule has 0 aromatic heterocycles. The van der Waals surface area contributed by atoms with Gasteiger partial charge in [0.15, 0.2) is 5.96 Å². The lowest BCUT2D eigenvalue weighted by atomic mass is 9.93. The molecular formula is C20H32FIN4O. The maximum atomic E-state index is 13.4. The standard InChI is InChI=1S/C20H31FN4O.HI/c1-20(2)8-9-25(15-20)19(22-3)23-14-18(24-10-12-26-13-11-24)16-4-6-17(21)7-5-16;/h4-7,18H,8-15H2,1-3H3,(H,22,23);1H. The number of morpholine rings is 1. The predicted octanol–water partition coefficient (Wildman–Crippen LogP) is 3.12. The molecular weight excluding hydrogens is 458 g/mol. The molecule has 2 saturated heterocycles. The fraction of sp³-hybridized carbons (Fsp3) is 0.650. The normalized spacial score (nSPS) is 21.6. The Morgan fingerprint density at radius 2 is 1.89 bits per heavy atom. The number of aliphatic imine (C=N–C) groups is 1. The third-order valence-corrected chi connectivity index (χ3v) is 5.38. The molecule has 1 N–H and O–H groups in total. The Labute approximate surface area is 179 Å². The molecule has 0 amide bonds. The van der Waals surface area contributed by atoms with Gasteiger partial charge in [-0.25, -0.2) is 4.39 Å². The summed E-state index contributed by atoms with van der Waals surface area (Å²) >= 11 is 0. The monoisotopic (exact) mass is 490 g/mol. The molecule has 1 unspecified atom stereocenters. The van der Waals surface area contributed by atoms with Crippen LogP contribution in [0.25, 0.3) is 0 Å². The van der Waals surface area contributed by atoms with E-state index >= 15 is 0 Å². The van der Waals surface area contributed by atoms with Crippen LogP contribution in [0.2, 0.25) is 0 Å². The third kappa shape index (κ3) is 6.02. The first-order valence-corrected chi connectivity index (χ1v) is 9.51. The molecule has 1 aromatic carbocycles. The lowest BCUT2D eigenvalue weighted by Crippen LogP contribution is -2.47. The van der Waals surface area contributed by atoms with Gasteiger partial charge in [0.25, 0.3) is 0 Å². The smallest absolute Gasteiger partial charge is 0.193 e. The van der Waals surface area contributed by atoms with Crippen molar-refractivity contribution in [2.45, 2.75) is 26.3 Å². The number of likely N-dealkylation sites (tertiary alicyclic amines) is 1. The Hall–Kier alpha value is -0.930. The topological polar surface area (TPSA) is 40.1 Å². The van der Waals surface area contributed by atoms with Crippen molar-refractivity contribution in [3.8, 4) is 0 Å². The minimum Gasteiger partial charge on any atom is -0.379 e. The number of benzene rings is 1. The number of hydrogen-bond donors (Lipinski definition) is 1. The molecule has 0 saturated carbocycles. The van der Waals surface area contributed by atoms with Crippen molar-refractivity contribution in [1.29, 1.82) is 0 Å². The van der Waals surface area contributed by atoms with Crippen LogP contribution in [-0.2, 0) is 4.74 Å². The fourth-order valence-electron chi connectivity index (χ4n) is 3.85. The lowest BCUT2D eigenvalue weighted by molar-refractivity contribution is 0.0169. The fourth-order valence-corrected chi connectivity index (χ4v) is 3.85. The Kier molecular flexibility index (Phi) is 8.30. The summed E-state index contributed by atoms with van der Waals surface area (Å²) in [7, 11) is 1.84. The van der Waals surface area contributed by atoms with E-state index in [-0.39, 0.29) is 35.8 Å². The van der Waals surface area contributed by atoms with E-state index in [2.05, 4.69) is 34.0 Å². The molecule has 2 heterocycles. The van der Waals surface area contributed by atoms with Gasteiger partial charge in [0.2, 0.25) is 0 Å². The van der Waals surface area contributed by atoms with Crippen molar-refractivity contribution in [1.82, 2.24) is 15.1 Å². The quantitative estimate of drug-likeness (QED) is 0.400. The molecule has 2 aliphatic rings. The maximum absolute atomic E-state index is 13.4. The second-order valence-corrected chi connectivity index (χ2v) is 7.98. The summed E-state index contributed by atoms with van der Waals surface area (Å²) in [6, 6.07) is 7.03. The SMILES string of the molecule is CN=C(NCC(c1ccc(F)cc1)N1CCOCC1)N1CCC(C)(C)C1.I. The van der Waals surface area contributed by atoms with Crippen LogP contribution in [0.1, 0.15) is 31.9 Å². The Morgan fingerprint density at radius 3 is 2.44 bits per heavy atom. The van der Waals surface area contributed by atoms with Crippen molar-refractivity contribution in [3.63, 3.8) is 0 Å². The highest BCUT2D eigenvalue weighted by Crippen LogP contribution is 2.29. The zero-order chi connectivity index (χ0) is 18.6. The van der Waals surface area contributed by atoms with Crippen molar-refractivity contribution >= 4 is 29.9 Å². The molecule has 0 bridgehead atoms. The Balaban J connectivity index is 0.00000261.